The SMILES string of the molecule is Cn1c(C(F)(F)F)nc2c(-c3ccc(C#N)cc3F)nc(N3CC(Oc4cnn(CC(F)F)c4)C3)nc2c1=O. The van der Waals surface area contributed by atoms with Crippen LogP contribution in [0.4, 0.5) is 32.3 Å². The normalized spacial score (nSPS) is 14.1. The third-order valence-corrected chi connectivity index (χ3v) is 5.89. The molecular formula is C23H16F6N8O2. The summed E-state index contributed by atoms with van der Waals surface area (Å²) >= 11 is 0. The average Bonchev–Trinajstić information content (AvgIpc) is 3.28. The molecule has 39 heavy (non-hydrogen) atoms. The van der Waals surface area contributed by atoms with Gasteiger partial charge in [0.05, 0.1) is 37.1 Å². The van der Waals surface area contributed by atoms with Crippen molar-refractivity contribution in [1.82, 2.24) is 29.3 Å². The zero-order valence-corrected chi connectivity index (χ0v) is 19.8. The Morgan fingerprint density at radius 1 is 1.18 bits per heavy atom. The lowest BCUT2D eigenvalue weighted by molar-refractivity contribution is -0.147. The van der Waals surface area contributed by atoms with E-state index in [1.54, 1.807) is 6.07 Å². The summed E-state index contributed by atoms with van der Waals surface area (Å²) in [6, 6.07) is 5.05. The van der Waals surface area contributed by atoms with Gasteiger partial charge in [0.25, 0.3) is 12.0 Å². The van der Waals surface area contributed by atoms with E-state index in [-0.39, 0.29) is 41.6 Å². The van der Waals surface area contributed by atoms with Gasteiger partial charge in [0, 0.05) is 12.6 Å². The van der Waals surface area contributed by atoms with Crippen molar-refractivity contribution in [3.8, 4) is 23.1 Å². The molecule has 0 atom stereocenters. The molecule has 4 heterocycles. The summed E-state index contributed by atoms with van der Waals surface area (Å²) in [6.45, 7) is -0.275. The molecule has 1 fully saturated rings. The molecule has 4 aromatic rings. The number of rotatable bonds is 6. The molecule has 1 aromatic carbocycles. The number of halogens is 6. The van der Waals surface area contributed by atoms with Crippen LogP contribution in [0.2, 0.25) is 0 Å². The number of ether oxygens (including phenoxy) is 1. The second-order valence-electron chi connectivity index (χ2n) is 8.61. The molecule has 3 aromatic heterocycles. The van der Waals surface area contributed by atoms with Crippen molar-refractivity contribution >= 4 is 17.0 Å². The van der Waals surface area contributed by atoms with Crippen molar-refractivity contribution in [2.75, 3.05) is 18.0 Å². The fraction of sp³-hybridized carbons (Fsp3) is 0.304. The first kappa shape index (κ1) is 25.9. The first-order chi connectivity index (χ1) is 18.4. The number of aromatic nitrogens is 6. The highest BCUT2D eigenvalue weighted by Gasteiger charge is 2.38. The third kappa shape index (κ3) is 4.94. The highest BCUT2D eigenvalue weighted by atomic mass is 19.4. The Bertz CT molecular complexity index is 1670. The van der Waals surface area contributed by atoms with Gasteiger partial charge in [-0.25, -0.2) is 28.1 Å². The Hall–Kier alpha value is -4.68. The van der Waals surface area contributed by atoms with Crippen LogP contribution in [0.3, 0.4) is 0 Å². The monoisotopic (exact) mass is 550 g/mol. The van der Waals surface area contributed by atoms with Gasteiger partial charge in [-0.2, -0.15) is 23.5 Å². The van der Waals surface area contributed by atoms with Crippen molar-refractivity contribution in [1.29, 1.82) is 5.26 Å². The lowest BCUT2D eigenvalue weighted by atomic mass is 10.1. The van der Waals surface area contributed by atoms with Crippen molar-refractivity contribution in [3.05, 3.63) is 58.2 Å². The standard InChI is InChI=1S/C23H16F6N8O2/c1-35-20(38)19-18(32-21(35)23(27,28)29)17(14-3-2-11(5-30)4-15(14)24)33-22(34-19)36-7-13(8-36)39-12-6-31-37(9-12)10-16(25)26/h2-4,6,9,13,16H,7-8,10H2,1H3. The number of alkyl halides is 5. The van der Waals surface area contributed by atoms with Crippen LogP contribution in [0, 0.1) is 17.1 Å². The van der Waals surface area contributed by atoms with Crippen molar-refractivity contribution in [3.63, 3.8) is 0 Å². The maximum Gasteiger partial charge on any atom is 0.449 e. The molecular weight excluding hydrogens is 534 g/mol. The topological polar surface area (TPSA) is 115 Å². The van der Waals surface area contributed by atoms with E-state index in [0.29, 0.717) is 4.57 Å². The smallest absolute Gasteiger partial charge is 0.449 e. The predicted molar refractivity (Wildman–Crippen MR) is 123 cm³/mol. The summed E-state index contributed by atoms with van der Waals surface area (Å²) in [7, 11) is 0.892. The van der Waals surface area contributed by atoms with Gasteiger partial charge in [-0.1, -0.05) is 0 Å². The van der Waals surface area contributed by atoms with E-state index < -0.39 is 53.5 Å². The summed E-state index contributed by atoms with van der Waals surface area (Å²) < 4.78 is 87.8. The van der Waals surface area contributed by atoms with Crippen LogP contribution in [0.25, 0.3) is 22.3 Å². The average molecular weight is 550 g/mol. The molecule has 1 aliphatic heterocycles. The van der Waals surface area contributed by atoms with Crippen LogP contribution in [0.5, 0.6) is 5.75 Å². The van der Waals surface area contributed by atoms with E-state index in [4.69, 9.17) is 10.00 Å². The molecule has 0 N–H and O–H groups in total. The lowest BCUT2D eigenvalue weighted by Gasteiger charge is -2.38. The Labute approximate surface area is 214 Å². The minimum atomic E-state index is -4.99. The van der Waals surface area contributed by atoms with Gasteiger partial charge in [-0.3, -0.25) is 14.0 Å². The molecule has 0 saturated carbocycles. The number of anilines is 1. The van der Waals surface area contributed by atoms with Crippen molar-refractivity contribution in [2.24, 2.45) is 7.05 Å². The Morgan fingerprint density at radius 2 is 1.92 bits per heavy atom. The Morgan fingerprint density at radius 3 is 2.56 bits per heavy atom. The molecule has 1 aliphatic rings. The number of fused-ring (bicyclic) bond motifs is 1. The van der Waals surface area contributed by atoms with Crippen molar-refractivity contribution < 1.29 is 31.1 Å². The molecule has 0 radical (unpaired) electrons. The van der Waals surface area contributed by atoms with Crippen LogP contribution in [0.15, 0.2) is 35.4 Å². The Kier molecular flexibility index (Phi) is 6.36. The van der Waals surface area contributed by atoms with E-state index in [2.05, 4.69) is 20.1 Å². The van der Waals surface area contributed by atoms with Gasteiger partial charge in [-0.05, 0) is 18.2 Å². The molecule has 0 bridgehead atoms. The summed E-state index contributed by atoms with van der Waals surface area (Å²) in [4.78, 5) is 26.4. The first-order valence-electron chi connectivity index (χ1n) is 11.2. The molecule has 0 amide bonds. The highest BCUT2D eigenvalue weighted by Crippen LogP contribution is 2.33. The minimum Gasteiger partial charge on any atom is -0.483 e. The van der Waals surface area contributed by atoms with E-state index in [1.807, 2.05) is 0 Å². The number of benzene rings is 1. The second kappa shape index (κ2) is 9.57. The maximum atomic E-state index is 14.9. The van der Waals surface area contributed by atoms with Crippen LogP contribution >= 0.6 is 0 Å². The van der Waals surface area contributed by atoms with Gasteiger partial charge < -0.3 is 9.64 Å². The molecule has 1 saturated heterocycles. The van der Waals surface area contributed by atoms with E-state index in [9.17, 15) is 31.1 Å². The summed E-state index contributed by atoms with van der Waals surface area (Å²) in [5.74, 6) is -2.32. The fourth-order valence-corrected chi connectivity index (χ4v) is 4.01. The summed E-state index contributed by atoms with van der Waals surface area (Å²) in [5, 5.41) is 12.8. The van der Waals surface area contributed by atoms with Gasteiger partial charge in [0.1, 0.15) is 29.7 Å². The van der Waals surface area contributed by atoms with Crippen LogP contribution in [-0.2, 0) is 19.8 Å². The zero-order valence-electron chi connectivity index (χ0n) is 19.8. The van der Waals surface area contributed by atoms with Crippen LogP contribution in [-0.4, -0.2) is 54.9 Å². The summed E-state index contributed by atoms with van der Waals surface area (Å²) in [5.41, 5.74) is -2.82. The molecule has 10 nitrogen and oxygen atoms in total. The quantitative estimate of drug-likeness (QED) is 0.337. The number of hydrogen-bond donors (Lipinski definition) is 0. The third-order valence-electron chi connectivity index (χ3n) is 5.89. The lowest BCUT2D eigenvalue weighted by Crippen LogP contribution is -2.54. The molecule has 5 rings (SSSR count). The molecule has 0 unspecified atom stereocenters. The largest absolute Gasteiger partial charge is 0.483 e. The maximum absolute atomic E-state index is 14.9. The zero-order chi connectivity index (χ0) is 28.1. The van der Waals surface area contributed by atoms with Crippen molar-refractivity contribution in [2.45, 2.75) is 25.3 Å². The van der Waals surface area contributed by atoms with Crippen LogP contribution in [0.1, 0.15) is 11.4 Å². The molecule has 0 spiro atoms. The van der Waals surface area contributed by atoms with Crippen LogP contribution < -0.4 is 15.2 Å². The van der Waals surface area contributed by atoms with Gasteiger partial charge in [0.2, 0.25) is 11.8 Å². The van der Waals surface area contributed by atoms with E-state index in [0.717, 1.165) is 23.9 Å². The fourth-order valence-electron chi connectivity index (χ4n) is 4.01. The predicted octanol–water partition coefficient (Wildman–Crippen LogP) is 3.15. The van der Waals surface area contributed by atoms with E-state index >= 15 is 0 Å². The van der Waals surface area contributed by atoms with E-state index in [1.165, 1.54) is 23.4 Å². The minimum absolute atomic E-state index is 0.0331. The number of nitrogens with zero attached hydrogens (tertiary/aromatic N) is 8. The Balaban J connectivity index is 1.53. The number of hydrogen-bond acceptors (Lipinski definition) is 8. The molecule has 202 valence electrons. The molecule has 16 heteroatoms. The first-order valence-corrected chi connectivity index (χ1v) is 11.2. The van der Waals surface area contributed by atoms with Gasteiger partial charge in [0.15, 0.2) is 11.3 Å². The van der Waals surface area contributed by atoms with Gasteiger partial charge in [-0.15, -0.1) is 0 Å². The number of nitriles is 1. The summed E-state index contributed by atoms with van der Waals surface area (Å²) in [6.07, 6.45) is -5.45. The highest BCUT2D eigenvalue weighted by molar-refractivity contribution is 5.90. The molecule has 0 aliphatic carbocycles. The second-order valence-corrected chi connectivity index (χ2v) is 8.61. The van der Waals surface area contributed by atoms with Gasteiger partial charge >= 0.3 is 6.18 Å².